The fourth-order valence-corrected chi connectivity index (χ4v) is 3.89. The zero-order valence-electron chi connectivity index (χ0n) is 11.1. The first-order valence-corrected chi connectivity index (χ1v) is 7.95. The molecule has 1 aliphatic rings. The lowest BCUT2D eigenvalue weighted by Gasteiger charge is -2.27. The lowest BCUT2D eigenvalue weighted by Crippen LogP contribution is -2.39. The van der Waals surface area contributed by atoms with Crippen molar-refractivity contribution in [2.45, 2.75) is 52.0 Å². The van der Waals surface area contributed by atoms with Gasteiger partial charge >= 0.3 is 0 Å². The molecule has 0 aromatic carbocycles. The van der Waals surface area contributed by atoms with Gasteiger partial charge in [-0.05, 0) is 49.1 Å². The summed E-state index contributed by atoms with van der Waals surface area (Å²) in [6, 6.07) is 5.16. The van der Waals surface area contributed by atoms with Gasteiger partial charge in [-0.3, -0.25) is 0 Å². The van der Waals surface area contributed by atoms with E-state index < -0.39 is 0 Å². The van der Waals surface area contributed by atoms with Crippen LogP contribution in [0.15, 0.2) is 17.5 Å². The fourth-order valence-electron chi connectivity index (χ4n) is 3.12. The largest absolute Gasteiger partial charge is 0.313 e. The van der Waals surface area contributed by atoms with Crippen molar-refractivity contribution >= 4 is 11.3 Å². The van der Waals surface area contributed by atoms with E-state index in [0.29, 0.717) is 6.04 Å². The summed E-state index contributed by atoms with van der Waals surface area (Å²) in [5.41, 5.74) is 0. The normalized spacial score (nSPS) is 26.2. The fraction of sp³-hybridized carbons (Fsp3) is 0.733. The van der Waals surface area contributed by atoms with Crippen molar-refractivity contribution in [2.24, 2.45) is 11.8 Å². The standard InChI is InChI=1S/C15H25NS/c1-3-9-16-15(11-13-7-5-10-17-13)14-8-4-6-12(14)2/h5,7,10,12,14-16H,3-4,6,8-9,11H2,1-2H3. The molecule has 0 bridgehead atoms. The molecule has 1 nitrogen and oxygen atoms in total. The highest BCUT2D eigenvalue weighted by Crippen LogP contribution is 2.35. The third-order valence-electron chi connectivity index (χ3n) is 4.10. The van der Waals surface area contributed by atoms with E-state index in [-0.39, 0.29) is 0 Å². The lowest BCUT2D eigenvalue weighted by molar-refractivity contribution is 0.296. The Kier molecular flexibility index (Phi) is 5.05. The topological polar surface area (TPSA) is 12.0 Å². The summed E-state index contributed by atoms with van der Waals surface area (Å²) in [5, 5.41) is 5.99. The average molecular weight is 251 g/mol. The number of rotatable bonds is 6. The monoisotopic (exact) mass is 251 g/mol. The molecule has 1 aliphatic carbocycles. The van der Waals surface area contributed by atoms with Gasteiger partial charge in [0.15, 0.2) is 0 Å². The lowest BCUT2D eigenvalue weighted by atomic mass is 9.88. The first-order valence-electron chi connectivity index (χ1n) is 7.07. The molecule has 0 spiro atoms. The average Bonchev–Trinajstić information content (AvgIpc) is 2.95. The third kappa shape index (κ3) is 3.56. The summed E-state index contributed by atoms with van der Waals surface area (Å²) in [4.78, 5) is 1.54. The summed E-state index contributed by atoms with van der Waals surface area (Å²) in [7, 11) is 0. The van der Waals surface area contributed by atoms with E-state index in [1.807, 2.05) is 11.3 Å². The van der Waals surface area contributed by atoms with Crippen molar-refractivity contribution < 1.29 is 0 Å². The van der Waals surface area contributed by atoms with Crippen LogP contribution in [-0.2, 0) is 6.42 Å². The van der Waals surface area contributed by atoms with Gasteiger partial charge in [-0.25, -0.2) is 0 Å². The Hall–Kier alpha value is -0.340. The summed E-state index contributed by atoms with van der Waals surface area (Å²) in [5.74, 6) is 1.80. The van der Waals surface area contributed by atoms with E-state index in [1.165, 1.54) is 43.5 Å². The summed E-state index contributed by atoms with van der Waals surface area (Å²) in [6.07, 6.45) is 6.75. The second-order valence-electron chi connectivity index (χ2n) is 5.42. The van der Waals surface area contributed by atoms with E-state index in [9.17, 15) is 0 Å². The zero-order chi connectivity index (χ0) is 12.1. The first kappa shape index (κ1) is 13.1. The number of hydrogen-bond donors (Lipinski definition) is 1. The maximum absolute atomic E-state index is 3.79. The molecule has 0 amide bonds. The second kappa shape index (κ2) is 6.55. The van der Waals surface area contributed by atoms with Crippen LogP contribution in [0.2, 0.25) is 0 Å². The highest BCUT2D eigenvalue weighted by molar-refractivity contribution is 7.09. The molecule has 1 N–H and O–H groups in total. The highest BCUT2D eigenvalue weighted by Gasteiger charge is 2.30. The summed E-state index contributed by atoms with van der Waals surface area (Å²) >= 11 is 1.90. The smallest absolute Gasteiger partial charge is 0.0146 e. The van der Waals surface area contributed by atoms with Crippen LogP contribution in [0.4, 0.5) is 0 Å². The van der Waals surface area contributed by atoms with Gasteiger partial charge < -0.3 is 5.32 Å². The molecule has 0 saturated heterocycles. The highest BCUT2D eigenvalue weighted by atomic mass is 32.1. The molecule has 1 heterocycles. The van der Waals surface area contributed by atoms with Gasteiger partial charge in [0.05, 0.1) is 0 Å². The Morgan fingerprint density at radius 1 is 1.47 bits per heavy atom. The number of nitrogens with one attached hydrogen (secondary N) is 1. The maximum atomic E-state index is 3.79. The molecule has 0 radical (unpaired) electrons. The minimum Gasteiger partial charge on any atom is -0.313 e. The van der Waals surface area contributed by atoms with Crippen LogP contribution in [0.5, 0.6) is 0 Å². The van der Waals surface area contributed by atoms with E-state index in [2.05, 4.69) is 36.7 Å². The van der Waals surface area contributed by atoms with E-state index in [0.717, 1.165) is 11.8 Å². The Bertz CT molecular complexity index is 307. The van der Waals surface area contributed by atoms with Crippen LogP contribution in [0.3, 0.4) is 0 Å². The van der Waals surface area contributed by atoms with Crippen molar-refractivity contribution in [3.05, 3.63) is 22.4 Å². The van der Waals surface area contributed by atoms with Gasteiger partial charge in [0.1, 0.15) is 0 Å². The molecule has 3 atom stereocenters. The predicted octanol–water partition coefficient (Wildman–Crippen LogP) is 4.10. The maximum Gasteiger partial charge on any atom is 0.0146 e. The van der Waals surface area contributed by atoms with Crippen molar-refractivity contribution in [2.75, 3.05) is 6.54 Å². The molecule has 1 aromatic heterocycles. The Morgan fingerprint density at radius 2 is 2.35 bits per heavy atom. The molecule has 17 heavy (non-hydrogen) atoms. The first-order chi connectivity index (χ1) is 8.31. The van der Waals surface area contributed by atoms with E-state index >= 15 is 0 Å². The molecular formula is C15H25NS. The van der Waals surface area contributed by atoms with Gasteiger partial charge in [-0.2, -0.15) is 0 Å². The molecule has 1 aromatic rings. The van der Waals surface area contributed by atoms with Crippen molar-refractivity contribution in [1.29, 1.82) is 0 Å². The molecule has 1 saturated carbocycles. The number of hydrogen-bond acceptors (Lipinski definition) is 2. The Balaban J connectivity index is 1.97. The van der Waals surface area contributed by atoms with Crippen molar-refractivity contribution in [1.82, 2.24) is 5.32 Å². The third-order valence-corrected chi connectivity index (χ3v) is 5.00. The molecule has 2 rings (SSSR count). The molecule has 0 aliphatic heterocycles. The quantitative estimate of drug-likeness (QED) is 0.803. The zero-order valence-corrected chi connectivity index (χ0v) is 11.9. The predicted molar refractivity (Wildman–Crippen MR) is 76.6 cm³/mol. The molecule has 96 valence electrons. The van der Waals surface area contributed by atoms with Gasteiger partial charge in [0.2, 0.25) is 0 Å². The molecule has 1 fully saturated rings. The van der Waals surface area contributed by atoms with Crippen LogP contribution in [0.25, 0.3) is 0 Å². The number of thiophene rings is 1. The molecular weight excluding hydrogens is 226 g/mol. The minimum absolute atomic E-state index is 0.700. The van der Waals surface area contributed by atoms with Crippen molar-refractivity contribution in [3.8, 4) is 0 Å². The van der Waals surface area contributed by atoms with Crippen molar-refractivity contribution in [3.63, 3.8) is 0 Å². The van der Waals surface area contributed by atoms with Crippen LogP contribution >= 0.6 is 11.3 Å². The van der Waals surface area contributed by atoms with Gasteiger partial charge in [-0.1, -0.05) is 32.8 Å². The van der Waals surface area contributed by atoms with Crippen LogP contribution in [0, 0.1) is 11.8 Å². The Morgan fingerprint density at radius 3 is 2.94 bits per heavy atom. The van der Waals surface area contributed by atoms with E-state index in [4.69, 9.17) is 0 Å². The van der Waals surface area contributed by atoms with Crippen LogP contribution < -0.4 is 5.32 Å². The van der Waals surface area contributed by atoms with Gasteiger partial charge in [-0.15, -0.1) is 11.3 Å². The second-order valence-corrected chi connectivity index (χ2v) is 6.45. The van der Waals surface area contributed by atoms with Crippen LogP contribution in [0.1, 0.15) is 44.4 Å². The molecule has 2 heteroatoms. The summed E-state index contributed by atoms with van der Waals surface area (Å²) < 4.78 is 0. The minimum atomic E-state index is 0.700. The van der Waals surface area contributed by atoms with Gasteiger partial charge in [0.25, 0.3) is 0 Å². The van der Waals surface area contributed by atoms with E-state index in [1.54, 1.807) is 0 Å². The summed E-state index contributed by atoms with van der Waals surface area (Å²) in [6.45, 7) is 5.86. The van der Waals surface area contributed by atoms with Crippen LogP contribution in [-0.4, -0.2) is 12.6 Å². The SMILES string of the molecule is CCCNC(Cc1cccs1)C1CCCC1C. The Labute approximate surface area is 110 Å². The molecule has 3 unspecified atom stereocenters. The van der Waals surface area contributed by atoms with Gasteiger partial charge in [0, 0.05) is 10.9 Å².